The minimum Gasteiger partial charge on any atom is -0.493 e. The molecule has 1 atom stereocenters. The molecule has 8 heteroatoms. The van der Waals surface area contributed by atoms with E-state index in [0.717, 1.165) is 23.8 Å². The van der Waals surface area contributed by atoms with Gasteiger partial charge >= 0.3 is 0 Å². The van der Waals surface area contributed by atoms with Gasteiger partial charge in [0.2, 0.25) is 5.91 Å². The summed E-state index contributed by atoms with van der Waals surface area (Å²) >= 11 is 1.26. The Hall–Kier alpha value is -2.45. The van der Waals surface area contributed by atoms with Crippen molar-refractivity contribution < 1.29 is 18.3 Å². The zero-order chi connectivity index (χ0) is 19.7. The van der Waals surface area contributed by atoms with E-state index in [4.69, 9.17) is 10.5 Å². The first-order valence-corrected chi connectivity index (χ1v) is 9.85. The van der Waals surface area contributed by atoms with E-state index in [-0.39, 0.29) is 22.9 Å². The van der Waals surface area contributed by atoms with E-state index in [1.165, 1.54) is 16.8 Å². The molecule has 2 heterocycles. The van der Waals surface area contributed by atoms with Crippen molar-refractivity contribution in [2.75, 3.05) is 13.2 Å². The molecule has 0 bridgehead atoms. The predicted octanol–water partition coefficient (Wildman–Crippen LogP) is 3.58. The molecule has 146 valence electrons. The SMILES string of the molecule is NCCCC(=O)N1N=C(c2cc(F)ccc2F)SC12CCOc1ccccc12. The molecule has 2 aliphatic heterocycles. The van der Waals surface area contributed by atoms with Crippen molar-refractivity contribution in [3.05, 3.63) is 65.2 Å². The molecule has 2 aliphatic rings. The van der Waals surface area contributed by atoms with Gasteiger partial charge in [0.25, 0.3) is 0 Å². The number of benzene rings is 2. The normalized spacial score (nSPS) is 20.7. The van der Waals surface area contributed by atoms with E-state index in [9.17, 15) is 13.6 Å². The van der Waals surface area contributed by atoms with E-state index < -0.39 is 16.5 Å². The molecular formula is C20H19F2N3O2S. The second-order valence-electron chi connectivity index (χ2n) is 6.61. The molecule has 5 nitrogen and oxygen atoms in total. The Bertz CT molecular complexity index is 953. The number of halogens is 2. The van der Waals surface area contributed by atoms with Crippen LogP contribution >= 0.6 is 11.8 Å². The van der Waals surface area contributed by atoms with Crippen molar-refractivity contribution >= 4 is 22.7 Å². The highest BCUT2D eigenvalue weighted by Gasteiger charge is 2.51. The second-order valence-corrected chi connectivity index (χ2v) is 7.87. The van der Waals surface area contributed by atoms with Crippen molar-refractivity contribution in [3.8, 4) is 5.75 Å². The Labute approximate surface area is 165 Å². The fourth-order valence-corrected chi connectivity index (χ4v) is 4.86. The Morgan fingerprint density at radius 3 is 2.93 bits per heavy atom. The van der Waals surface area contributed by atoms with Crippen molar-refractivity contribution in [2.45, 2.75) is 24.1 Å². The fourth-order valence-electron chi connectivity index (χ4n) is 3.46. The third kappa shape index (κ3) is 3.16. The molecular weight excluding hydrogens is 384 g/mol. The number of ether oxygens (including phenoxy) is 1. The van der Waals surface area contributed by atoms with Crippen molar-refractivity contribution in [1.29, 1.82) is 0 Å². The average Bonchev–Trinajstić information content (AvgIpc) is 3.08. The Kier molecular flexibility index (Phi) is 5.07. The summed E-state index contributed by atoms with van der Waals surface area (Å²) in [5.41, 5.74) is 6.39. The van der Waals surface area contributed by atoms with Crippen LogP contribution in [0.2, 0.25) is 0 Å². The predicted molar refractivity (Wildman–Crippen MR) is 104 cm³/mol. The molecule has 0 radical (unpaired) electrons. The van der Waals surface area contributed by atoms with Crippen LogP contribution < -0.4 is 10.5 Å². The number of hydrazone groups is 1. The van der Waals surface area contributed by atoms with Crippen molar-refractivity contribution in [2.24, 2.45) is 10.8 Å². The Morgan fingerprint density at radius 2 is 2.11 bits per heavy atom. The van der Waals surface area contributed by atoms with E-state index in [2.05, 4.69) is 5.10 Å². The number of rotatable bonds is 4. The first kappa shape index (κ1) is 18.9. The molecule has 0 aliphatic carbocycles. The van der Waals surface area contributed by atoms with Crippen LogP contribution in [0.5, 0.6) is 5.75 Å². The monoisotopic (exact) mass is 403 g/mol. The smallest absolute Gasteiger partial charge is 0.244 e. The van der Waals surface area contributed by atoms with Crippen LogP contribution in [0.4, 0.5) is 8.78 Å². The maximum atomic E-state index is 14.4. The van der Waals surface area contributed by atoms with Crippen molar-refractivity contribution in [3.63, 3.8) is 0 Å². The van der Waals surface area contributed by atoms with Crippen LogP contribution in [0, 0.1) is 11.6 Å². The van der Waals surface area contributed by atoms with Gasteiger partial charge in [-0.1, -0.05) is 30.0 Å². The van der Waals surface area contributed by atoms with E-state index >= 15 is 0 Å². The van der Waals surface area contributed by atoms with Crippen LogP contribution in [0.15, 0.2) is 47.6 Å². The lowest BCUT2D eigenvalue weighted by Gasteiger charge is -2.39. The molecule has 4 rings (SSSR count). The van der Waals surface area contributed by atoms with Crippen molar-refractivity contribution in [1.82, 2.24) is 5.01 Å². The molecule has 1 amide bonds. The van der Waals surface area contributed by atoms with E-state index in [1.54, 1.807) is 0 Å². The number of para-hydroxylation sites is 1. The molecule has 1 spiro atoms. The van der Waals surface area contributed by atoms with Gasteiger partial charge in [0.05, 0.1) is 6.61 Å². The standard InChI is InChI=1S/C20H19F2N3O2S/c21-13-7-8-16(22)14(12-13)19-24-25(18(26)6-3-10-23)20(28-19)9-11-27-17-5-2-1-4-15(17)20/h1-2,4-5,7-8,12H,3,6,9-11,23H2. The maximum Gasteiger partial charge on any atom is 0.244 e. The highest BCUT2D eigenvalue weighted by Crippen LogP contribution is 2.54. The van der Waals surface area contributed by atoms with E-state index in [1.807, 2.05) is 24.3 Å². The number of nitrogens with two attached hydrogens (primary N) is 1. The summed E-state index contributed by atoms with van der Waals surface area (Å²) in [6.07, 6.45) is 1.23. The number of carbonyl (C=O) groups is 1. The number of fused-ring (bicyclic) bond motifs is 2. The largest absolute Gasteiger partial charge is 0.493 e. The summed E-state index contributed by atoms with van der Waals surface area (Å²) in [6, 6.07) is 10.7. The lowest BCUT2D eigenvalue weighted by atomic mass is 9.98. The van der Waals surface area contributed by atoms with Crippen LogP contribution in [0.3, 0.4) is 0 Å². The molecule has 1 unspecified atom stereocenters. The topological polar surface area (TPSA) is 67.9 Å². The highest BCUT2D eigenvalue weighted by atomic mass is 32.2. The molecule has 0 saturated heterocycles. The van der Waals surface area contributed by atoms with Gasteiger partial charge in [-0.3, -0.25) is 4.79 Å². The number of hydrogen-bond donors (Lipinski definition) is 1. The van der Waals surface area contributed by atoms with Crippen LogP contribution in [-0.2, 0) is 9.67 Å². The Morgan fingerprint density at radius 1 is 1.29 bits per heavy atom. The molecule has 2 N–H and O–H groups in total. The summed E-state index contributed by atoms with van der Waals surface area (Å²) < 4.78 is 33.9. The van der Waals surface area contributed by atoms with Gasteiger partial charge in [0, 0.05) is 24.0 Å². The van der Waals surface area contributed by atoms with Gasteiger partial charge in [0.1, 0.15) is 27.3 Å². The first-order valence-electron chi connectivity index (χ1n) is 9.03. The van der Waals surface area contributed by atoms with E-state index in [0.29, 0.717) is 31.7 Å². The third-order valence-corrected chi connectivity index (χ3v) is 6.22. The van der Waals surface area contributed by atoms with Gasteiger partial charge in [-0.15, -0.1) is 0 Å². The summed E-state index contributed by atoms with van der Waals surface area (Å²) in [4.78, 5) is 12.1. The summed E-state index contributed by atoms with van der Waals surface area (Å²) in [5, 5.41) is 6.13. The number of hydrogen-bond acceptors (Lipinski definition) is 5. The quantitative estimate of drug-likeness (QED) is 0.847. The zero-order valence-corrected chi connectivity index (χ0v) is 15.8. The molecule has 0 aromatic heterocycles. The van der Waals surface area contributed by atoms with Crippen LogP contribution in [-0.4, -0.2) is 29.1 Å². The third-order valence-electron chi connectivity index (χ3n) is 4.79. The zero-order valence-electron chi connectivity index (χ0n) is 15.0. The van der Waals surface area contributed by atoms with Crippen LogP contribution in [0.1, 0.15) is 30.4 Å². The highest BCUT2D eigenvalue weighted by molar-refractivity contribution is 8.15. The molecule has 2 aromatic carbocycles. The van der Waals surface area contributed by atoms with Gasteiger partial charge < -0.3 is 10.5 Å². The molecule has 0 fully saturated rings. The summed E-state index contributed by atoms with van der Waals surface area (Å²) in [6.45, 7) is 0.771. The van der Waals surface area contributed by atoms with Gasteiger partial charge in [-0.25, -0.2) is 13.8 Å². The Balaban J connectivity index is 1.81. The van der Waals surface area contributed by atoms with Gasteiger partial charge in [-0.2, -0.15) is 5.10 Å². The maximum absolute atomic E-state index is 14.4. The minimum absolute atomic E-state index is 0.0440. The molecule has 2 aromatic rings. The van der Waals surface area contributed by atoms with Crippen LogP contribution in [0.25, 0.3) is 0 Å². The lowest BCUT2D eigenvalue weighted by Crippen LogP contribution is -2.44. The minimum atomic E-state index is -0.853. The summed E-state index contributed by atoms with van der Waals surface area (Å²) in [5.74, 6) is -0.691. The fraction of sp³-hybridized carbons (Fsp3) is 0.300. The molecule has 28 heavy (non-hydrogen) atoms. The van der Waals surface area contributed by atoms with Gasteiger partial charge in [0.15, 0.2) is 0 Å². The summed E-state index contributed by atoms with van der Waals surface area (Å²) in [7, 11) is 0. The number of nitrogens with zero attached hydrogens (tertiary/aromatic N) is 2. The van der Waals surface area contributed by atoms with Gasteiger partial charge in [-0.05, 0) is 37.2 Å². The number of carbonyl (C=O) groups excluding carboxylic acids is 1. The first-order chi connectivity index (χ1) is 13.5. The lowest BCUT2D eigenvalue weighted by molar-refractivity contribution is -0.135. The number of amides is 1. The molecule has 0 saturated carbocycles. The average molecular weight is 403 g/mol. The number of thioether (sulfide) groups is 1. The second kappa shape index (κ2) is 7.52.